The number of nitrogens with zero attached hydrogens (tertiary/aromatic N) is 3. The maximum Gasteiger partial charge on any atom is 0.196 e. The molecule has 0 N–H and O–H groups in total. The molecule has 0 unspecified atom stereocenters. The Morgan fingerprint density at radius 1 is 0.939 bits per heavy atom. The normalized spacial score (nSPS) is 11.7. The first kappa shape index (κ1) is 23.5. The Labute approximate surface area is 201 Å². The fourth-order valence-corrected chi connectivity index (χ4v) is 4.95. The zero-order valence-corrected chi connectivity index (χ0v) is 20.4. The van der Waals surface area contributed by atoms with Crippen molar-refractivity contribution in [1.29, 1.82) is 0 Å². The van der Waals surface area contributed by atoms with Crippen molar-refractivity contribution in [3.8, 4) is 5.69 Å². The molecule has 3 aromatic carbocycles. The molecule has 0 bridgehead atoms. The average molecular weight is 484 g/mol. The first-order valence-corrected chi connectivity index (χ1v) is 11.9. The molecule has 3 nitrogen and oxygen atoms in total. The molecule has 7 heteroatoms. The number of halogens is 3. The minimum absolute atomic E-state index is 0.287. The van der Waals surface area contributed by atoms with Crippen molar-refractivity contribution in [3.63, 3.8) is 0 Å². The third-order valence-electron chi connectivity index (χ3n) is 5.91. The van der Waals surface area contributed by atoms with E-state index >= 15 is 0 Å². The van der Waals surface area contributed by atoms with Gasteiger partial charge in [-0.05, 0) is 80.8 Å². The lowest BCUT2D eigenvalue weighted by Gasteiger charge is -2.26. The third-order valence-corrected chi connectivity index (χ3v) is 7.22. The zero-order chi connectivity index (χ0) is 23.8. The number of aryl methyl sites for hydroxylation is 2. The molecule has 4 aromatic rings. The molecule has 0 saturated heterocycles. The standard InChI is InChI=1S/C26H24ClF2N3S/c1-16-8-9-18(14-17(16)2)26(3,4)24-30-31-25(32(24)20-12-10-19(28)11-13-20)33-15-21-22(27)6-5-7-23(21)29/h5-14H,15H2,1-4H3. The molecule has 1 aromatic heterocycles. The highest BCUT2D eigenvalue weighted by Crippen LogP contribution is 2.36. The summed E-state index contributed by atoms with van der Waals surface area (Å²) < 4.78 is 29.9. The van der Waals surface area contributed by atoms with E-state index in [1.807, 2.05) is 4.57 Å². The van der Waals surface area contributed by atoms with Gasteiger partial charge in [0.15, 0.2) is 5.16 Å². The summed E-state index contributed by atoms with van der Waals surface area (Å²) in [4.78, 5) is 0. The van der Waals surface area contributed by atoms with E-state index < -0.39 is 5.41 Å². The highest BCUT2D eigenvalue weighted by molar-refractivity contribution is 7.98. The van der Waals surface area contributed by atoms with Crippen LogP contribution in [0.2, 0.25) is 5.02 Å². The van der Waals surface area contributed by atoms with Gasteiger partial charge in [-0.3, -0.25) is 4.57 Å². The van der Waals surface area contributed by atoms with Gasteiger partial charge in [-0.1, -0.05) is 47.6 Å². The van der Waals surface area contributed by atoms with Gasteiger partial charge in [0.1, 0.15) is 17.5 Å². The predicted octanol–water partition coefficient (Wildman–Crippen LogP) is 7.43. The first-order chi connectivity index (χ1) is 15.7. The van der Waals surface area contributed by atoms with Crippen LogP contribution in [0.1, 0.15) is 41.9 Å². The number of benzene rings is 3. The fraction of sp³-hybridized carbons (Fsp3) is 0.231. The second-order valence-electron chi connectivity index (χ2n) is 8.53. The van der Waals surface area contributed by atoms with Gasteiger partial charge in [-0.2, -0.15) is 0 Å². The number of hydrogen-bond acceptors (Lipinski definition) is 3. The van der Waals surface area contributed by atoms with Gasteiger partial charge in [-0.15, -0.1) is 10.2 Å². The maximum absolute atomic E-state index is 14.3. The lowest BCUT2D eigenvalue weighted by molar-refractivity contribution is 0.570. The summed E-state index contributed by atoms with van der Waals surface area (Å²) in [7, 11) is 0. The molecule has 0 fully saturated rings. The van der Waals surface area contributed by atoms with E-state index in [1.165, 1.54) is 41.1 Å². The Kier molecular flexibility index (Phi) is 6.59. The van der Waals surface area contributed by atoms with E-state index in [4.69, 9.17) is 11.6 Å². The quantitative estimate of drug-likeness (QED) is 0.267. The summed E-state index contributed by atoms with van der Waals surface area (Å²) in [5.74, 6) is 0.307. The Morgan fingerprint density at radius 3 is 2.33 bits per heavy atom. The van der Waals surface area contributed by atoms with Gasteiger partial charge in [0, 0.05) is 22.0 Å². The largest absolute Gasteiger partial charge is 0.273 e. The molecule has 0 spiro atoms. The molecule has 4 rings (SSSR count). The summed E-state index contributed by atoms with van der Waals surface area (Å²) in [6.07, 6.45) is 0. The molecule has 0 saturated carbocycles. The smallest absolute Gasteiger partial charge is 0.196 e. The van der Waals surface area contributed by atoms with Crippen molar-refractivity contribution in [1.82, 2.24) is 14.8 Å². The van der Waals surface area contributed by atoms with Crippen LogP contribution in [0.15, 0.2) is 65.8 Å². The van der Waals surface area contributed by atoms with Crippen molar-refractivity contribution < 1.29 is 8.78 Å². The molecule has 0 atom stereocenters. The average Bonchev–Trinajstić information content (AvgIpc) is 3.20. The molecule has 170 valence electrons. The van der Waals surface area contributed by atoms with E-state index in [9.17, 15) is 8.78 Å². The molecule has 0 aliphatic carbocycles. The Morgan fingerprint density at radius 2 is 1.67 bits per heavy atom. The summed E-state index contributed by atoms with van der Waals surface area (Å²) in [5, 5.41) is 9.93. The topological polar surface area (TPSA) is 30.7 Å². The van der Waals surface area contributed by atoms with Crippen molar-refractivity contribution in [2.24, 2.45) is 0 Å². The Balaban J connectivity index is 1.80. The van der Waals surface area contributed by atoms with Crippen molar-refractivity contribution in [3.05, 3.63) is 105 Å². The minimum atomic E-state index is -0.492. The molecule has 1 heterocycles. The molecule has 0 amide bonds. The number of rotatable bonds is 6. The van der Waals surface area contributed by atoms with Gasteiger partial charge >= 0.3 is 0 Å². The van der Waals surface area contributed by atoms with Crippen LogP contribution >= 0.6 is 23.4 Å². The molecule has 33 heavy (non-hydrogen) atoms. The number of hydrogen-bond donors (Lipinski definition) is 0. The zero-order valence-electron chi connectivity index (χ0n) is 18.9. The molecular formula is C26H24ClF2N3S. The summed E-state index contributed by atoms with van der Waals surface area (Å²) in [6, 6.07) is 17.2. The second kappa shape index (κ2) is 9.27. The summed E-state index contributed by atoms with van der Waals surface area (Å²) in [5.41, 5.74) is 4.15. The van der Waals surface area contributed by atoms with E-state index in [0.717, 1.165) is 11.3 Å². The lowest BCUT2D eigenvalue weighted by Crippen LogP contribution is -2.24. The predicted molar refractivity (Wildman–Crippen MR) is 130 cm³/mol. The van der Waals surface area contributed by atoms with Gasteiger partial charge < -0.3 is 0 Å². The highest BCUT2D eigenvalue weighted by Gasteiger charge is 2.32. The van der Waals surface area contributed by atoms with Crippen LogP contribution in [-0.4, -0.2) is 14.8 Å². The lowest BCUT2D eigenvalue weighted by atomic mass is 9.82. The van der Waals surface area contributed by atoms with Gasteiger partial charge in [0.2, 0.25) is 0 Å². The SMILES string of the molecule is Cc1ccc(C(C)(C)c2nnc(SCc3c(F)cccc3Cl)n2-c2ccc(F)cc2)cc1C. The molecular weight excluding hydrogens is 460 g/mol. The van der Waals surface area contributed by atoms with Crippen molar-refractivity contribution >= 4 is 23.4 Å². The fourth-order valence-electron chi connectivity index (χ4n) is 3.66. The monoisotopic (exact) mass is 483 g/mol. The summed E-state index contributed by atoms with van der Waals surface area (Å²) in [6.45, 7) is 8.33. The van der Waals surface area contributed by atoms with Crippen molar-refractivity contribution in [2.75, 3.05) is 0 Å². The first-order valence-electron chi connectivity index (χ1n) is 10.5. The number of thioether (sulfide) groups is 1. The van der Waals surface area contributed by atoms with Crippen LogP contribution in [0.5, 0.6) is 0 Å². The van der Waals surface area contributed by atoms with Crippen LogP contribution in [0.25, 0.3) is 5.69 Å². The number of aromatic nitrogens is 3. The molecule has 0 aliphatic rings. The second-order valence-corrected chi connectivity index (χ2v) is 9.88. The van der Waals surface area contributed by atoms with Gasteiger partial charge in [-0.25, -0.2) is 8.78 Å². The van der Waals surface area contributed by atoms with E-state index in [-0.39, 0.29) is 17.4 Å². The molecule has 0 radical (unpaired) electrons. The third kappa shape index (κ3) is 4.68. The van der Waals surface area contributed by atoms with E-state index in [1.54, 1.807) is 24.3 Å². The van der Waals surface area contributed by atoms with E-state index in [0.29, 0.717) is 21.6 Å². The van der Waals surface area contributed by atoms with Crippen LogP contribution in [0.3, 0.4) is 0 Å². The van der Waals surface area contributed by atoms with Crippen LogP contribution in [0, 0.1) is 25.5 Å². The van der Waals surface area contributed by atoms with E-state index in [2.05, 4.69) is 56.1 Å². The highest BCUT2D eigenvalue weighted by atomic mass is 35.5. The Bertz CT molecular complexity index is 1280. The molecule has 0 aliphatic heterocycles. The maximum atomic E-state index is 14.3. The Hall–Kier alpha value is -2.70. The van der Waals surface area contributed by atoms with Crippen LogP contribution < -0.4 is 0 Å². The van der Waals surface area contributed by atoms with Crippen LogP contribution in [-0.2, 0) is 11.2 Å². The van der Waals surface area contributed by atoms with Gasteiger partial charge in [0.05, 0.1) is 5.41 Å². The van der Waals surface area contributed by atoms with Crippen molar-refractivity contribution in [2.45, 2.75) is 44.0 Å². The van der Waals surface area contributed by atoms with Crippen LogP contribution in [0.4, 0.5) is 8.78 Å². The summed E-state index contributed by atoms with van der Waals surface area (Å²) >= 11 is 7.55. The minimum Gasteiger partial charge on any atom is -0.273 e. The van der Waals surface area contributed by atoms with Gasteiger partial charge in [0.25, 0.3) is 0 Å².